The maximum Gasteiger partial charge on any atom is 0.251 e. The Bertz CT molecular complexity index is 1030. The molecule has 7 nitrogen and oxygen atoms in total. The van der Waals surface area contributed by atoms with Gasteiger partial charge in [-0.25, -0.2) is 4.39 Å². The molecule has 0 aromatic heterocycles. The zero-order valence-electron chi connectivity index (χ0n) is 20.6. The van der Waals surface area contributed by atoms with E-state index in [1.54, 1.807) is 49.3 Å². The molecule has 0 bridgehead atoms. The Morgan fingerprint density at radius 1 is 1.23 bits per heavy atom. The summed E-state index contributed by atoms with van der Waals surface area (Å²) in [4.78, 5) is 28.3. The molecule has 0 saturated carbocycles. The van der Waals surface area contributed by atoms with Gasteiger partial charge in [-0.15, -0.1) is 0 Å². The number of carbonyl (C=O) groups excluding carboxylic acids is 2. The third kappa shape index (κ3) is 7.13. The van der Waals surface area contributed by atoms with Crippen molar-refractivity contribution in [3.05, 3.63) is 77.6 Å². The van der Waals surface area contributed by atoms with Crippen molar-refractivity contribution >= 4 is 11.8 Å². The average molecular weight is 484 g/mol. The Hall–Kier alpha value is -3.23. The summed E-state index contributed by atoms with van der Waals surface area (Å²) >= 11 is 0. The third-order valence-electron chi connectivity index (χ3n) is 6.15. The van der Waals surface area contributed by atoms with Gasteiger partial charge in [-0.3, -0.25) is 14.5 Å². The van der Waals surface area contributed by atoms with E-state index in [1.807, 2.05) is 13.0 Å². The number of carbonyl (C=O) groups is 2. The summed E-state index contributed by atoms with van der Waals surface area (Å²) in [5.41, 5.74) is 1.82. The topological polar surface area (TPSA) is 71.1 Å². The summed E-state index contributed by atoms with van der Waals surface area (Å²) in [7, 11) is 1.58. The SMILES string of the molecule is C=CC(=O)N1CCN(C[C@H](Oc2ccc(C(=O)NCCOC)cc2)c2ccc(C)c(F)c2)C[C@H]1C. The molecule has 1 heterocycles. The molecule has 1 saturated heterocycles. The summed E-state index contributed by atoms with van der Waals surface area (Å²) < 4.78 is 25.6. The van der Waals surface area contributed by atoms with Crippen molar-refractivity contribution in [1.82, 2.24) is 15.1 Å². The predicted octanol–water partition coefficient (Wildman–Crippen LogP) is 3.35. The molecule has 0 radical (unpaired) electrons. The summed E-state index contributed by atoms with van der Waals surface area (Å²) in [6, 6.07) is 12.1. The first-order valence-corrected chi connectivity index (χ1v) is 11.8. The molecule has 1 N–H and O–H groups in total. The van der Waals surface area contributed by atoms with Crippen LogP contribution >= 0.6 is 0 Å². The lowest BCUT2D eigenvalue weighted by Gasteiger charge is -2.40. The van der Waals surface area contributed by atoms with E-state index in [1.165, 1.54) is 12.1 Å². The second-order valence-corrected chi connectivity index (χ2v) is 8.73. The van der Waals surface area contributed by atoms with Crippen LogP contribution in [0.15, 0.2) is 55.1 Å². The zero-order valence-corrected chi connectivity index (χ0v) is 20.6. The number of nitrogens with one attached hydrogen (secondary N) is 1. The highest BCUT2D eigenvalue weighted by molar-refractivity contribution is 5.94. The van der Waals surface area contributed by atoms with Crippen LogP contribution in [0.1, 0.15) is 34.5 Å². The zero-order chi connectivity index (χ0) is 25.4. The highest BCUT2D eigenvalue weighted by Gasteiger charge is 2.28. The van der Waals surface area contributed by atoms with Crippen molar-refractivity contribution in [2.45, 2.75) is 26.0 Å². The van der Waals surface area contributed by atoms with Crippen molar-refractivity contribution in [3.63, 3.8) is 0 Å². The van der Waals surface area contributed by atoms with E-state index >= 15 is 0 Å². The van der Waals surface area contributed by atoms with Gasteiger partial charge in [-0.1, -0.05) is 18.7 Å². The second kappa shape index (κ2) is 12.5. The molecule has 0 spiro atoms. The van der Waals surface area contributed by atoms with Crippen LogP contribution in [0, 0.1) is 12.7 Å². The van der Waals surface area contributed by atoms with E-state index in [0.717, 1.165) is 5.56 Å². The van der Waals surface area contributed by atoms with Crippen LogP contribution in [0.4, 0.5) is 4.39 Å². The maximum atomic E-state index is 14.4. The average Bonchev–Trinajstić information content (AvgIpc) is 2.85. The van der Waals surface area contributed by atoms with Gasteiger partial charge in [0.25, 0.3) is 5.91 Å². The van der Waals surface area contributed by atoms with Crippen molar-refractivity contribution in [3.8, 4) is 5.75 Å². The number of hydrogen-bond acceptors (Lipinski definition) is 5. The molecule has 8 heteroatoms. The summed E-state index contributed by atoms with van der Waals surface area (Å²) in [5, 5.41) is 2.78. The largest absolute Gasteiger partial charge is 0.484 e. The smallest absolute Gasteiger partial charge is 0.251 e. The van der Waals surface area contributed by atoms with Crippen LogP contribution in [0.2, 0.25) is 0 Å². The Labute approximate surface area is 206 Å². The van der Waals surface area contributed by atoms with Crippen LogP contribution in [-0.4, -0.2) is 74.1 Å². The number of benzene rings is 2. The van der Waals surface area contributed by atoms with Gasteiger partial charge in [0, 0.05) is 51.4 Å². The summed E-state index contributed by atoms with van der Waals surface area (Å²) in [5.74, 6) is 0.0375. The lowest BCUT2D eigenvalue weighted by molar-refractivity contribution is -0.130. The normalized spacial score (nSPS) is 17.0. The van der Waals surface area contributed by atoms with Crippen LogP contribution in [-0.2, 0) is 9.53 Å². The van der Waals surface area contributed by atoms with E-state index in [0.29, 0.717) is 56.2 Å². The first kappa shape index (κ1) is 26.4. The number of ether oxygens (including phenoxy) is 2. The standard InChI is InChI=1S/C27H34FN3O4/c1-5-26(32)31-14-13-30(17-20(31)3)18-25(22-7-6-19(2)24(28)16-22)35-23-10-8-21(9-11-23)27(33)29-12-15-34-4/h5-11,16,20,25H,1,12-15,17-18H2,2-4H3,(H,29,33)/t20-,25+/m1/s1. The van der Waals surface area contributed by atoms with Gasteiger partial charge in [0.15, 0.2) is 0 Å². The van der Waals surface area contributed by atoms with Crippen molar-refractivity contribution in [2.24, 2.45) is 0 Å². The molecule has 0 unspecified atom stereocenters. The molecule has 2 amide bonds. The minimum absolute atomic E-state index is 0.0283. The molecular formula is C27H34FN3O4. The predicted molar refractivity (Wildman–Crippen MR) is 133 cm³/mol. The monoisotopic (exact) mass is 483 g/mol. The number of halogens is 1. The van der Waals surface area contributed by atoms with Crippen molar-refractivity contribution in [2.75, 3.05) is 46.4 Å². The van der Waals surface area contributed by atoms with Gasteiger partial charge < -0.3 is 19.7 Å². The molecular weight excluding hydrogens is 449 g/mol. The van der Waals surface area contributed by atoms with Crippen LogP contribution in [0.5, 0.6) is 5.75 Å². The van der Waals surface area contributed by atoms with E-state index in [9.17, 15) is 14.0 Å². The van der Waals surface area contributed by atoms with E-state index in [4.69, 9.17) is 9.47 Å². The molecule has 0 aliphatic carbocycles. The van der Waals surface area contributed by atoms with Crippen molar-refractivity contribution in [1.29, 1.82) is 0 Å². The third-order valence-corrected chi connectivity index (χ3v) is 6.15. The van der Waals surface area contributed by atoms with Crippen LogP contribution in [0.25, 0.3) is 0 Å². The fourth-order valence-corrected chi connectivity index (χ4v) is 4.12. The van der Waals surface area contributed by atoms with Gasteiger partial charge in [0.1, 0.15) is 17.7 Å². The summed E-state index contributed by atoms with van der Waals surface area (Å²) in [6.45, 7) is 10.7. The quantitative estimate of drug-likeness (QED) is 0.415. The molecule has 1 aliphatic heterocycles. The number of hydrogen-bond donors (Lipinski definition) is 1. The Balaban J connectivity index is 1.73. The minimum atomic E-state index is -0.430. The van der Waals surface area contributed by atoms with Gasteiger partial charge >= 0.3 is 0 Å². The number of rotatable bonds is 10. The Morgan fingerprint density at radius 3 is 2.60 bits per heavy atom. The molecule has 3 rings (SSSR count). The van der Waals surface area contributed by atoms with E-state index in [-0.39, 0.29) is 23.7 Å². The molecule has 1 fully saturated rings. The van der Waals surface area contributed by atoms with Gasteiger partial charge in [0.05, 0.1) is 6.61 Å². The lowest BCUT2D eigenvalue weighted by Crippen LogP contribution is -2.54. The molecule has 2 aromatic carbocycles. The van der Waals surface area contributed by atoms with E-state index in [2.05, 4.69) is 16.8 Å². The first-order chi connectivity index (χ1) is 16.8. The highest BCUT2D eigenvalue weighted by Crippen LogP contribution is 2.26. The molecule has 188 valence electrons. The number of nitrogens with zero attached hydrogens (tertiary/aromatic N) is 2. The minimum Gasteiger partial charge on any atom is -0.484 e. The maximum absolute atomic E-state index is 14.4. The highest BCUT2D eigenvalue weighted by atomic mass is 19.1. The number of piperazine rings is 1. The van der Waals surface area contributed by atoms with Gasteiger partial charge in [-0.05, 0) is 61.4 Å². The molecule has 2 aromatic rings. The Morgan fingerprint density at radius 2 is 1.97 bits per heavy atom. The summed E-state index contributed by atoms with van der Waals surface area (Å²) in [6.07, 6.45) is 0.912. The molecule has 2 atom stereocenters. The van der Waals surface area contributed by atoms with Crippen molar-refractivity contribution < 1.29 is 23.5 Å². The number of aryl methyl sites for hydroxylation is 1. The molecule has 35 heavy (non-hydrogen) atoms. The molecule has 1 aliphatic rings. The van der Waals surface area contributed by atoms with Crippen LogP contribution in [0.3, 0.4) is 0 Å². The second-order valence-electron chi connectivity index (χ2n) is 8.73. The fourth-order valence-electron chi connectivity index (χ4n) is 4.12. The first-order valence-electron chi connectivity index (χ1n) is 11.8. The fraction of sp³-hybridized carbons (Fsp3) is 0.407. The van der Waals surface area contributed by atoms with Crippen LogP contribution < -0.4 is 10.1 Å². The van der Waals surface area contributed by atoms with Gasteiger partial charge in [0.2, 0.25) is 5.91 Å². The number of methoxy groups -OCH3 is 1. The van der Waals surface area contributed by atoms with Gasteiger partial charge in [-0.2, -0.15) is 0 Å². The van der Waals surface area contributed by atoms with E-state index < -0.39 is 6.10 Å². The number of amides is 2. The Kier molecular flexibility index (Phi) is 9.39. The lowest BCUT2D eigenvalue weighted by atomic mass is 10.0.